The van der Waals surface area contributed by atoms with Crippen molar-refractivity contribution in [3.8, 4) is 0 Å². The van der Waals surface area contributed by atoms with Gasteiger partial charge in [0.25, 0.3) is 0 Å². The van der Waals surface area contributed by atoms with Crippen molar-refractivity contribution in [3.63, 3.8) is 0 Å². The maximum atomic E-state index is 11.5. The van der Waals surface area contributed by atoms with E-state index in [9.17, 15) is 4.79 Å². The summed E-state index contributed by atoms with van der Waals surface area (Å²) in [6, 6.07) is 0. The zero-order valence-electron chi connectivity index (χ0n) is 7.92. The molecule has 1 aliphatic carbocycles. The fourth-order valence-corrected chi connectivity index (χ4v) is 2.08. The van der Waals surface area contributed by atoms with Crippen LogP contribution in [0.4, 0.5) is 0 Å². The summed E-state index contributed by atoms with van der Waals surface area (Å²) < 4.78 is 0. The Morgan fingerprint density at radius 2 is 2.00 bits per heavy atom. The second-order valence-electron chi connectivity index (χ2n) is 4.65. The molecule has 2 heteroatoms. The molecule has 2 unspecified atom stereocenters. The van der Waals surface area contributed by atoms with Crippen LogP contribution in [0.1, 0.15) is 26.7 Å². The van der Waals surface area contributed by atoms with E-state index in [1.807, 2.05) is 0 Å². The number of hydrogen-bond donors (Lipinski definition) is 0. The van der Waals surface area contributed by atoms with E-state index in [1.165, 1.54) is 6.42 Å². The van der Waals surface area contributed by atoms with E-state index < -0.39 is 0 Å². The summed E-state index contributed by atoms with van der Waals surface area (Å²) in [7, 11) is 0. The Morgan fingerprint density at radius 1 is 1.42 bits per heavy atom. The van der Waals surface area contributed by atoms with Crippen LogP contribution in [0.5, 0.6) is 0 Å². The summed E-state index contributed by atoms with van der Waals surface area (Å²) >= 11 is 0. The third kappa shape index (κ3) is 1.47. The normalized spacial score (nSPS) is 32.4. The molecule has 0 aromatic rings. The van der Waals surface area contributed by atoms with Gasteiger partial charge in [-0.05, 0) is 24.2 Å². The molecule has 1 saturated heterocycles. The number of likely N-dealkylation sites (tertiary alicyclic amines) is 1. The van der Waals surface area contributed by atoms with Gasteiger partial charge in [-0.2, -0.15) is 0 Å². The van der Waals surface area contributed by atoms with E-state index in [0.717, 1.165) is 31.3 Å². The van der Waals surface area contributed by atoms with Gasteiger partial charge in [-0.3, -0.25) is 4.79 Å². The molecule has 1 saturated carbocycles. The van der Waals surface area contributed by atoms with E-state index >= 15 is 0 Å². The third-order valence-electron chi connectivity index (χ3n) is 2.91. The lowest BCUT2D eigenvalue weighted by atomic mass is 10.1. The van der Waals surface area contributed by atoms with Crippen LogP contribution in [0, 0.1) is 17.8 Å². The van der Waals surface area contributed by atoms with Crippen LogP contribution < -0.4 is 0 Å². The number of carbonyl (C=O) groups is 1. The molecule has 1 heterocycles. The summed E-state index contributed by atoms with van der Waals surface area (Å²) in [5.41, 5.74) is 0. The van der Waals surface area contributed by atoms with Gasteiger partial charge in [0.1, 0.15) is 0 Å². The van der Waals surface area contributed by atoms with E-state index in [2.05, 4.69) is 18.7 Å². The van der Waals surface area contributed by atoms with Gasteiger partial charge in [0, 0.05) is 19.5 Å². The second kappa shape index (κ2) is 2.75. The molecule has 0 spiro atoms. The number of nitrogens with zero attached hydrogens (tertiary/aromatic N) is 1. The molecule has 0 aromatic heterocycles. The Labute approximate surface area is 73.9 Å². The van der Waals surface area contributed by atoms with Gasteiger partial charge < -0.3 is 4.90 Å². The Balaban J connectivity index is 1.81. The maximum absolute atomic E-state index is 11.5. The average Bonchev–Trinajstić information content (AvgIpc) is 2.57. The number of hydrogen-bond acceptors (Lipinski definition) is 1. The van der Waals surface area contributed by atoms with E-state index in [-0.39, 0.29) is 0 Å². The standard InChI is InChI=1S/C10H17NO/c1-7(2)3-10(12)11-5-8-4-9(8)6-11/h7-9H,3-6H2,1-2H3. The minimum atomic E-state index is 0.372. The zero-order valence-corrected chi connectivity index (χ0v) is 7.92. The molecule has 1 amide bonds. The lowest BCUT2D eigenvalue weighted by Gasteiger charge is -2.18. The van der Waals surface area contributed by atoms with Crippen molar-refractivity contribution in [3.05, 3.63) is 0 Å². The minimum absolute atomic E-state index is 0.372. The fourth-order valence-electron chi connectivity index (χ4n) is 2.08. The molecule has 0 N–H and O–H groups in total. The number of amides is 1. The van der Waals surface area contributed by atoms with Crippen molar-refractivity contribution in [2.45, 2.75) is 26.7 Å². The molecule has 2 aliphatic rings. The Kier molecular flexibility index (Phi) is 1.85. The van der Waals surface area contributed by atoms with Crippen LogP contribution in [-0.4, -0.2) is 23.9 Å². The highest BCUT2D eigenvalue weighted by Gasteiger charge is 2.46. The SMILES string of the molecule is CC(C)CC(=O)N1CC2CC2C1. The molecule has 0 bridgehead atoms. The molecule has 2 nitrogen and oxygen atoms in total. The largest absolute Gasteiger partial charge is 0.342 e. The summed E-state index contributed by atoms with van der Waals surface area (Å²) in [5, 5.41) is 0. The van der Waals surface area contributed by atoms with E-state index in [4.69, 9.17) is 0 Å². The van der Waals surface area contributed by atoms with Crippen molar-refractivity contribution in [2.24, 2.45) is 17.8 Å². The highest BCUT2D eigenvalue weighted by atomic mass is 16.2. The monoisotopic (exact) mass is 167 g/mol. The van der Waals surface area contributed by atoms with Crippen LogP contribution in [-0.2, 0) is 4.79 Å². The van der Waals surface area contributed by atoms with Gasteiger partial charge in [0.2, 0.25) is 5.91 Å². The summed E-state index contributed by atoms with van der Waals surface area (Å²) in [6.45, 7) is 6.32. The molecule has 68 valence electrons. The molecule has 2 atom stereocenters. The number of carbonyl (C=O) groups excluding carboxylic acids is 1. The first-order valence-electron chi connectivity index (χ1n) is 4.94. The van der Waals surface area contributed by atoms with Crippen molar-refractivity contribution >= 4 is 5.91 Å². The Hall–Kier alpha value is -0.530. The van der Waals surface area contributed by atoms with Crippen molar-refractivity contribution < 1.29 is 4.79 Å². The Bertz CT molecular complexity index is 190. The summed E-state index contributed by atoms with van der Waals surface area (Å²) in [6.07, 6.45) is 2.12. The molecular formula is C10H17NO. The first kappa shape index (κ1) is 8.09. The predicted octanol–water partition coefficient (Wildman–Crippen LogP) is 1.51. The van der Waals surface area contributed by atoms with E-state index in [1.54, 1.807) is 0 Å². The van der Waals surface area contributed by atoms with Crippen molar-refractivity contribution in [1.29, 1.82) is 0 Å². The summed E-state index contributed by atoms with van der Waals surface area (Å²) in [5.74, 6) is 2.63. The first-order chi connectivity index (χ1) is 5.66. The summed E-state index contributed by atoms with van der Waals surface area (Å²) in [4.78, 5) is 13.6. The topological polar surface area (TPSA) is 20.3 Å². The molecular weight excluding hydrogens is 150 g/mol. The number of fused-ring (bicyclic) bond motifs is 1. The lowest BCUT2D eigenvalue weighted by molar-refractivity contribution is -0.131. The smallest absolute Gasteiger partial charge is 0.222 e. The molecule has 1 aliphatic heterocycles. The molecule has 12 heavy (non-hydrogen) atoms. The van der Waals surface area contributed by atoms with Gasteiger partial charge in [0.05, 0.1) is 0 Å². The highest BCUT2D eigenvalue weighted by Crippen LogP contribution is 2.45. The van der Waals surface area contributed by atoms with Crippen LogP contribution in [0.15, 0.2) is 0 Å². The number of piperidine rings is 1. The predicted molar refractivity (Wildman–Crippen MR) is 47.6 cm³/mol. The quantitative estimate of drug-likeness (QED) is 0.610. The third-order valence-corrected chi connectivity index (χ3v) is 2.91. The maximum Gasteiger partial charge on any atom is 0.222 e. The molecule has 2 fully saturated rings. The van der Waals surface area contributed by atoms with Gasteiger partial charge in [-0.15, -0.1) is 0 Å². The van der Waals surface area contributed by atoms with Gasteiger partial charge in [-0.25, -0.2) is 0 Å². The molecule has 0 radical (unpaired) electrons. The molecule has 0 aromatic carbocycles. The lowest BCUT2D eigenvalue weighted by Crippen LogP contribution is -2.30. The van der Waals surface area contributed by atoms with Crippen LogP contribution in [0.25, 0.3) is 0 Å². The van der Waals surface area contributed by atoms with Crippen LogP contribution in [0.3, 0.4) is 0 Å². The van der Waals surface area contributed by atoms with Crippen molar-refractivity contribution in [1.82, 2.24) is 4.90 Å². The molecule has 2 rings (SSSR count). The van der Waals surface area contributed by atoms with Gasteiger partial charge in [0.15, 0.2) is 0 Å². The fraction of sp³-hybridized carbons (Fsp3) is 0.900. The van der Waals surface area contributed by atoms with Crippen molar-refractivity contribution in [2.75, 3.05) is 13.1 Å². The van der Waals surface area contributed by atoms with Crippen LogP contribution in [0.2, 0.25) is 0 Å². The van der Waals surface area contributed by atoms with Crippen LogP contribution >= 0.6 is 0 Å². The van der Waals surface area contributed by atoms with Gasteiger partial charge >= 0.3 is 0 Å². The second-order valence-corrected chi connectivity index (χ2v) is 4.65. The minimum Gasteiger partial charge on any atom is -0.342 e. The highest BCUT2D eigenvalue weighted by molar-refractivity contribution is 5.76. The average molecular weight is 167 g/mol. The Morgan fingerprint density at radius 3 is 2.50 bits per heavy atom. The number of rotatable bonds is 2. The van der Waals surface area contributed by atoms with E-state index in [0.29, 0.717) is 11.8 Å². The first-order valence-corrected chi connectivity index (χ1v) is 4.94. The zero-order chi connectivity index (χ0) is 8.72. The van der Waals surface area contributed by atoms with Gasteiger partial charge in [-0.1, -0.05) is 13.8 Å².